The van der Waals surface area contributed by atoms with Crippen molar-refractivity contribution in [2.75, 3.05) is 0 Å². The number of rotatable bonds is 2. The van der Waals surface area contributed by atoms with E-state index in [1.807, 2.05) is 0 Å². The Kier molecular flexibility index (Phi) is 3.27. The smallest absolute Gasteiger partial charge is 0.346 e. The summed E-state index contributed by atoms with van der Waals surface area (Å²) < 4.78 is 0. The number of carboxylic acid groups (broad SMARTS) is 1. The van der Waals surface area contributed by atoms with Gasteiger partial charge in [-0.3, -0.25) is 4.79 Å². The van der Waals surface area contributed by atoms with Gasteiger partial charge in [0.05, 0.1) is 10.4 Å². The Bertz CT molecular complexity index is 930. The zero-order valence-electron chi connectivity index (χ0n) is 10.8. The summed E-state index contributed by atoms with van der Waals surface area (Å²) in [6, 6.07) is 7.00. The molecular formula is C14H9ClN2O3S. The molecule has 0 saturated carbocycles. The number of carbonyl (C=O) groups is 1. The lowest BCUT2D eigenvalue weighted by molar-refractivity contribution is 0.0701. The molecule has 0 saturated heterocycles. The van der Waals surface area contributed by atoms with E-state index in [0.29, 0.717) is 32.2 Å². The first-order chi connectivity index (χ1) is 9.99. The van der Waals surface area contributed by atoms with Gasteiger partial charge in [0.1, 0.15) is 15.5 Å². The number of nitrogens with zero attached hydrogens (tertiary/aromatic N) is 1. The van der Waals surface area contributed by atoms with E-state index in [-0.39, 0.29) is 10.4 Å². The number of nitrogens with one attached hydrogen (secondary N) is 1. The van der Waals surface area contributed by atoms with Crippen LogP contribution >= 0.6 is 22.9 Å². The van der Waals surface area contributed by atoms with Gasteiger partial charge in [0.15, 0.2) is 0 Å². The maximum Gasteiger partial charge on any atom is 0.346 e. The number of aromatic nitrogens is 2. The highest BCUT2D eigenvalue weighted by molar-refractivity contribution is 7.20. The first-order valence-corrected chi connectivity index (χ1v) is 7.20. The lowest BCUT2D eigenvalue weighted by Crippen LogP contribution is -2.09. The van der Waals surface area contributed by atoms with Crippen LogP contribution in [-0.2, 0) is 0 Å². The number of thiophene rings is 1. The summed E-state index contributed by atoms with van der Waals surface area (Å²) in [5.74, 6) is -0.731. The van der Waals surface area contributed by atoms with Crippen LogP contribution in [0, 0.1) is 6.92 Å². The molecular weight excluding hydrogens is 312 g/mol. The average Bonchev–Trinajstić information content (AvgIpc) is 2.77. The minimum Gasteiger partial charge on any atom is -0.477 e. The zero-order valence-corrected chi connectivity index (χ0v) is 12.4. The summed E-state index contributed by atoms with van der Waals surface area (Å²) in [6.07, 6.45) is 0. The van der Waals surface area contributed by atoms with Crippen molar-refractivity contribution in [2.24, 2.45) is 0 Å². The summed E-state index contributed by atoms with van der Waals surface area (Å²) in [4.78, 5) is 30.9. The third-order valence-corrected chi connectivity index (χ3v) is 4.63. The lowest BCUT2D eigenvalue weighted by atomic mass is 10.2. The minimum absolute atomic E-state index is 0.124. The number of hydrogen-bond donors (Lipinski definition) is 2. The molecule has 7 heteroatoms. The maximum atomic E-state index is 12.2. The minimum atomic E-state index is -1.06. The van der Waals surface area contributed by atoms with Gasteiger partial charge in [0, 0.05) is 5.56 Å². The Balaban J connectivity index is 2.32. The second-order valence-electron chi connectivity index (χ2n) is 4.44. The summed E-state index contributed by atoms with van der Waals surface area (Å²) in [7, 11) is 0. The molecule has 0 amide bonds. The number of halogens is 1. The van der Waals surface area contributed by atoms with Gasteiger partial charge in [-0.15, -0.1) is 11.3 Å². The molecule has 3 aromatic rings. The van der Waals surface area contributed by atoms with Gasteiger partial charge in [0.2, 0.25) is 0 Å². The van der Waals surface area contributed by atoms with Gasteiger partial charge in [-0.05, 0) is 24.6 Å². The standard InChI is InChI=1S/C14H9ClN2O3S/c1-6-9-12(18)16-11(7-4-2-3-5-8(7)15)17-13(9)21-10(6)14(19)20/h2-5H,1H3,(H,19,20)(H,16,17,18). The fraction of sp³-hybridized carbons (Fsp3) is 0.0714. The van der Waals surface area contributed by atoms with Crippen LogP contribution < -0.4 is 5.56 Å². The molecule has 0 aliphatic rings. The molecule has 1 aromatic carbocycles. The third kappa shape index (κ3) is 2.22. The predicted molar refractivity (Wildman–Crippen MR) is 82.4 cm³/mol. The van der Waals surface area contributed by atoms with E-state index in [0.717, 1.165) is 11.3 Å². The van der Waals surface area contributed by atoms with E-state index < -0.39 is 5.97 Å². The highest BCUT2D eigenvalue weighted by atomic mass is 35.5. The fourth-order valence-electron chi connectivity index (χ4n) is 2.13. The molecule has 0 unspecified atom stereocenters. The first kappa shape index (κ1) is 13.8. The molecule has 3 rings (SSSR count). The van der Waals surface area contributed by atoms with Crippen molar-refractivity contribution < 1.29 is 9.90 Å². The number of aromatic amines is 1. The Hall–Kier alpha value is -2.18. The topological polar surface area (TPSA) is 83.0 Å². The molecule has 21 heavy (non-hydrogen) atoms. The molecule has 2 aromatic heterocycles. The van der Waals surface area contributed by atoms with Crippen molar-refractivity contribution in [2.45, 2.75) is 6.92 Å². The van der Waals surface area contributed by atoms with Crippen molar-refractivity contribution in [3.05, 3.63) is 50.1 Å². The quantitative estimate of drug-likeness (QED) is 0.758. The summed E-state index contributed by atoms with van der Waals surface area (Å²) in [6.45, 7) is 1.61. The second-order valence-corrected chi connectivity index (χ2v) is 5.84. The second kappa shape index (κ2) is 4.98. The Morgan fingerprint density at radius 2 is 2.10 bits per heavy atom. The monoisotopic (exact) mass is 320 g/mol. The van der Waals surface area contributed by atoms with Crippen LogP contribution in [0.2, 0.25) is 5.02 Å². The van der Waals surface area contributed by atoms with E-state index in [1.165, 1.54) is 0 Å². The van der Waals surface area contributed by atoms with Gasteiger partial charge < -0.3 is 10.1 Å². The Morgan fingerprint density at radius 3 is 2.76 bits per heavy atom. The van der Waals surface area contributed by atoms with Crippen molar-refractivity contribution in [3.8, 4) is 11.4 Å². The SMILES string of the molecule is Cc1c(C(=O)O)sc2nc(-c3ccccc3Cl)[nH]c(=O)c12. The molecule has 0 spiro atoms. The van der Waals surface area contributed by atoms with Gasteiger partial charge in [-0.25, -0.2) is 9.78 Å². The molecule has 0 bridgehead atoms. The van der Waals surface area contributed by atoms with Crippen LogP contribution in [-0.4, -0.2) is 21.0 Å². The maximum absolute atomic E-state index is 12.2. The predicted octanol–water partition coefficient (Wildman–Crippen LogP) is 3.31. The van der Waals surface area contributed by atoms with Gasteiger partial charge >= 0.3 is 5.97 Å². The molecule has 0 radical (unpaired) electrons. The molecule has 2 N–H and O–H groups in total. The number of H-pyrrole nitrogens is 1. The van der Waals surface area contributed by atoms with Crippen LogP contribution in [0.1, 0.15) is 15.2 Å². The van der Waals surface area contributed by atoms with Crippen LogP contribution in [0.4, 0.5) is 0 Å². The molecule has 0 atom stereocenters. The molecule has 0 aliphatic heterocycles. The van der Waals surface area contributed by atoms with Crippen LogP contribution in [0.25, 0.3) is 21.6 Å². The Morgan fingerprint density at radius 1 is 1.38 bits per heavy atom. The Labute approximate surface area is 127 Å². The number of carboxylic acids is 1. The molecule has 106 valence electrons. The number of hydrogen-bond acceptors (Lipinski definition) is 4. The van der Waals surface area contributed by atoms with E-state index in [2.05, 4.69) is 9.97 Å². The summed E-state index contributed by atoms with van der Waals surface area (Å²) in [5, 5.41) is 9.92. The number of aryl methyl sites for hydroxylation is 1. The fourth-order valence-corrected chi connectivity index (χ4v) is 3.37. The van der Waals surface area contributed by atoms with E-state index >= 15 is 0 Å². The van der Waals surface area contributed by atoms with Crippen LogP contribution in [0.3, 0.4) is 0 Å². The van der Waals surface area contributed by atoms with Crippen molar-refractivity contribution in [3.63, 3.8) is 0 Å². The van der Waals surface area contributed by atoms with E-state index in [9.17, 15) is 9.59 Å². The average molecular weight is 321 g/mol. The van der Waals surface area contributed by atoms with Gasteiger partial charge in [0.25, 0.3) is 5.56 Å². The molecule has 0 aliphatic carbocycles. The molecule has 0 fully saturated rings. The number of fused-ring (bicyclic) bond motifs is 1. The van der Waals surface area contributed by atoms with Crippen molar-refractivity contribution >= 4 is 39.1 Å². The van der Waals surface area contributed by atoms with E-state index in [1.54, 1.807) is 31.2 Å². The third-order valence-electron chi connectivity index (χ3n) is 3.12. The highest BCUT2D eigenvalue weighted by Crippen LogP contribution is 2.30. The first-order valence-electron chi connectivity index (χ1n) is 6.00. The number of aromatic carboxylic acids is 1. The normalized spacial score (nSPS) is 11.0. The molecule has 5 nitrogen and oxygen atoms in total. The lowest BCUT2D eigenvalue weighted by Gasteiger charge is -2.03. The largest absolute Gasteiger partial charge is 0.477 e. The van der Waals surface area contributed by atoms with Crippen LogP contribution in [0.15, 0.2) is 29.1 Å². The van der Waals surface area contributed by atoms with E-state index in [4.69, 9.17) is 16.7 Å². The van der Waals surface area contributed by atoms with Gasteiger partial charge in [-0.2, -0.15) is 0 Å². The van der Waals surface area contributed by atoms with Crippen molar-refractivity contribution in [1.82, 2.24) is 9.97 Å². The number of benzene rings is 1. The molecule has 2 heterocycles. The zero-order chi connectivity index (χ0) is 15.1. The van der Waals surface area contributed by atoms with Crippen molar-refractivity contribution in [1.29, 1.82) is 0 Å². The summed E-state index contributed by atoms with van der Waals surface area (Å²) in [5.41, 5.74) is 0.666. The summed E-state index contributed by atoms with van der Waals surface area (Å²) >= 11 is 7.08. The van der Waals surface area contributed by atoms with Gasteiger partial charge in [-0.1, -0.05) is 23.7 Å². The van der Waals surface area contributed by atoms with Crippen LogP contribution in [0.5, 0.6) is 0 Å². The highest BCUT2D eigenvalue weighted by Gasteiger charge is 2.19.